The molecule has 1 saturated heterocycles. The maximum Gasteiger partial charge on any atom is 0.364 e. The van der Waals surface area contributed by atoms with Crippen LogP contribution < -0.4 is 14.5 Å². The first-order valence-corrected chi connectivity index (χ1v) is 10.4. The number of aliphatic hydroxyl groups is 1. The number of piperidine rings is 1. The molecular weight excluding hydrogens is 372 g/mol. The van der Waals surface area contributed by atoms with E-state index < -0.39 is 27.4 Å². The Hall–Kier alpha value is -1.65. The molecule has 9 heteroatoms. The Morgan fingerprint density at radius 2 is 2.15 bits per heavy atom. The topological polar surface area (TPSA) is 108 Å². The fraction of sp³-hybridized carbons (Fsp3) is 0.556. The number of nitrogens with one attached hydrogen (secondary N) is 1. The van der Waals surface area contributed by atoms with Crippen molar-refractivity contribution < 1.29 is 27.7 Å². The molecule has 1 fully saturated rings. The van der Waals surface area contributed by atoms with E-state index in [1.807, 2.05) is 19.1 Å². The van der Waals surface area contributed by atoms with Crippen molar-refractivity contribution in [2.45, 2.75) is 42.9 Å². The van der Waals surface area contributed by atoms with Gasteiger partial charge >= 0.3 is 10.3 Å². The fourth-order valence-corrected chi connectivity index (χ4v) is 5.98. The van der Waals surface area contributed by atoms with Gasteiger partial charge in [-0.25, -0.2) is 0 Å². The van der Waals surface area contributed by atoms with Gasteiger partial charge in [-0.2, -0.15) is 8.42 Å². The molecule has 0 aromatic heterocycles. The molecule has 1 aromatic carbocycles. The highest BCUT2D eigenvalue weighted by molar-refractivity contribution is 7.83. The molecule has 0 amide bonds. The van der Waals surface area contributed by atoms with Crippen LogP contribution in [-0.4, -0.2) is 54.3 Å². The molecule has 1 spiro atoms. The van der Waals surface area contributed by atoms with Crippen molar-refractivity contribution in [2.24, 2.45) is 5.92 Å². The third-order valence-electron chi connectivity index (χ3n) is 7.01. The molecule has 2 aliphatic carbocycles. The van der Waals surface area contributed by atoms with E-state index in [9.17, 15) is 13.5 Å². The largest absolute Gasteiger partial charge is 0.479 e. The minimum absolute atomic E-state index is 0.180. The first-order chi connectivity index (χ1) is 12.7. The van der Waals surface area contributed by atoms with Crippen molar-refractivity contribution in [1.29, 1.82) is 0 Å². The molecule has 2 heterocycles. The van der Waals surface area contributed by atoms with E-state index in [0.29, 0.717) is 11.8 Å². The SMILES string of the molecule is CN1CC[C@]23c4c5ccc(ONS(=O)(=O)O)c4O[C@@]2(C)[C@@H](O)C=C[C@H]3[C@H]1C5. The van der Waals surface area contributed by atoms with E-state index in [4.69, 9.17) is 14.1 Å². The summed E-state index contributed by atoms with van der Waals surface area (Å²) in [5.74, 6) is 0.810. The third kappa shape index (κ3) is 2.09. The molecule has 0 unspecified atom stereocenters. The second-order valence-corrected chi connectivity index (χ2v) is 9.24. The summed E-state index contributed by atoms with van der Waals surface area (Å²) in [5, 5.41) is 10.8. The van der Waals surface area contributed by atoms with E-state index in [1.54, 1.807) is 11.0 Å². The number of ether oxygens (including phenoxy) is 1. The highest BCUT2D eigenvalue weighted by atomic mass is 32.2. The summed E-state index contributed by atoms with van der Waals surface area (Å²) in [7, 11) is -2.39. The van der Waals surface area contributed by atoms with Crippen molar-refractivity contribution in [3.63, 3.8) is 0 Å². The van der Waals surface area contributed by atoms with Gasteiger partial charge in [0.25, 0.3) is 0 Å². The van der Waals surface area contributed by atoms with Crippen LogP contribution in [0.15, 0.2) is 24.3 Å². The van der Waals surface area contributed by atoms with E-state index in [1.165, 1.54) is 0 Å². The van der Waals surface area contributed by atoms with Gasteiger partial charge in [0.15, 0.2) is 11.5 Å². The molecule has 5 rings (SSSR count). The molecule has 146 valence electrons. The molecule has 0 radical (unpaired) electrons. The van der Waals surface area contributed by atoms with Gasteiger partial charge in [0, 0.05) is 17.5 Å². The van der Waals surface area contributed by atoms with E-state index in [0.717, 1.165) is 30.5 Å². The predicted octanol–water partition coefficient (Wildman–Crippen LogP) is 0.569. The monoisotopic (exact) mass is 394 g/mol. The molecule has 2 aliphatic heterocycles. The van der Waals surface area contributed by atoms with E-state index in [2.05, 4.69) is 18.0 Å². The highest BCUT2D eigenvalue weighted by Crippen LogP contribution is 2.66. The Morgan fingerprint density at radius 3 is 2.89 bits per heavy atom. The van der Waals surface area contributed by atoms with Gasteiger partial charge in [-0.05, 0) is 49.9 Å². The molecule has 0 saturated carbocycles. The van der Waals surface area contributed by atoms with Gasteiger partial charge in [0.05, 0.1) is 5.41 Å². The molecule has 5 atom stereocenters. The van der Waals surface area contributed by atoms with Crippen molar-refractivity contribution in [1.82, 2.24) is 9.79 Å². The van der Waals surface area contributed by atoms with Crippen LogP contribution in [0.2, 0.25) is 0 Å². The Labute approximate surface area is 157 Å². The summed E-state index contributed by atoms with van der Waals surface area (Å²) in [6.45, 7) is 2.81. The first kappa shape index (κ1) is 17.4. The van der Waals surface area contributed by atoms with E-state index >= 15 is 0 Å². The summed E-state index contributed by atoms with van der Waals surface area (Å²) >= 11 is 0. The molecule has 2 bridgehead atoms. The van der Waals surface area contributed by atoms with Crippen LogP contribution in [0.5, 0.6) is 11.5 Å². The standard InChI is InChI=1S/C18H22N2O6S/c1-17-14(21)6-4-11-12-9-10-3-5-13(26-19-27(22,23)24)16(25-17)15(10)18(11,17)7-8-20(12)2/h3-6,11-12,14,19,21H,7-9H2,1-2H3,(H,22,23,24)/t11-,12+,14-,17-,18-/m0/s1. The number of benzene rings is 1. The molecule has 8 nitrogen and oxygen atoms in total. The number of hydrogen-bond acceptors (Lipinski definition) is 6. The second kappa shape index (κ2) is 5.24. The van der Waals surface area contributed by atoms with Crippen molar-refractivity contribution in [3.8, 4) is 11.5 Å². The Kier molecular flexibility index (Phi) is 3.38. The van der Waals surface area contributed by atoms with Crippen molar-refractivity contribution in [2.75, 3.05) is 13.6 Å². The summed E-state index contributed by atoms with van der Waals surface area (Å²) in [6.07, 6.45) is 4.79. The average molecular weight is 394 g/mol. The van der Waals surface area contributed by atoms with Crippen molar-refractivity contribution in [3.05, 3.63) is 35.4 Å². The number of likely N-dealkylation sites (tertiary alicyclic amines) is 1. The van der Waals surface area contributed by atoms with Crippen LogP contribution in [0, 0.1) is 5.92 Å². The van der Waals surface area contributed by atoms with Crippen LogP contribution in [0.1, 0.15) is 24.5 Å². The number of likely N-dealkylation sites (N-methyl/N-ethyl adjacent to an activating group) is 1. The lowest BCUT2D eigenvalue weighted by Crippen LogP contribution is -2.70. The minimum atomic E-state index is -4.52. The summed E-state index contributed by atoms with van der Waals surface area (Å²) in [4.78, 5) is 9.15. The molecule has 1 aromatic rings. The normalized spacial score (nSPS) is 39.0. The van der Waals surface area contributed by atoms with Gasteiger partial charge in [0.2, 0.25) is 0 Å². The van der Waals surface area contributed by atoms with Gasteiger partial charge in [-0.15, -0.1) is 0 Å². The lowest BCUT2D eigenvalue weighted by atomic mass is 9.49. The second-order valence-electron chi connectivity index (χ2n) is 8.13. The number of aliphatic hydroxyl groups excluding tert-OH is 1. The zero-order valence-corrected chi connectivity index (χ0v) is 15.9. The molecule has 3 N–H and O–H groups in total. The van der Waals surface area contributed by atoms with Gasteiger partial charge in [-0.3, -0.25) is 4.55 Å². The number of nitrogens with zero attached hydrogens (tertiary/aromatic N) is 1. The highest BCUT2D eigenvalue weighted by Gasteiger charge is 2.70. The quantitative estimate of drug-likeness (QED) is 0.391. The number of hydrogen-bond donors (Lipinski definition) is 3. The maximum atomic E-state index is 11.0. The zero-order valence-electron chi connectivity index (χ0n) is 15.0. The summed E-state index contributed by atoms with van der Waals surface area (Å²) in [5.41, 5.74) is 0.847. The Bertz CT molecular complexity index is 963. The first-order valence-electron chi connectivity index (χ1n) is 9.00. The van der Waals surface area contributed by atoms with Crippen LogP contribution in [0.4, 0.5) is 0 Å². The maximum absolute atomic E-state index is 11.0. The Balaban J connectivity index is 1.72. The minimum Gasteiger partial charge on any atom is -0.479 e. The lowest BCUT2D eigenvalue weighted by molar-refractivity contribution is -0.110. The van der Waals surface area contributed by atoms with Crippen LogP contribution in [-0.2, 0) is 22.1 Å². The molecular formula is C18H22N2O6S. The van der Waals surface area contributed by atoms with Gasteiger partial charge in [0.1, 0.15) is 11.7 Å². The predicted molar refractivity (Wildman–Crippen MR) is 95.8 cm³/mol. The Morgan fingerprint density at radius 1 is 1.37 bits per heavy atom. The van der Waals surface area contributed by atoms with Crippen LogP contribution in [0.3, 0.4) is 0 Å². The van der Waals surface area contributed by atoms with Gasteiger partial charge in [-0.1, -0.05) is 18.2 Å². The average Bonchev–Trinajstić information content (AvgIpc) is 2.87. The fourth-order valence-electron chi connectivity index (χ4n) is 5.79. The molecule has 27 heavy (non-hydrogen) atoms. The third-order valence-corrected chi connectivity index (χ3v) is 7.31. The van der Waals surface area contributed by atoms with Crippen molar-refractivity contribution >= 4 is 10.3 Å². The lowest BCUT2D eigenvalue weighted by Gasteiger charge is -2.60. The zero-order chi connectivity index (χ0) is 19.2. The van der Waals surface area contributed by atoms with Crippen LogP contribution in [0.25, 0.3) is 0 Å². The number of rotatable bonds is 3. The van der Waals surface area contributed by atoms with E-state index in [-0.39, 0.29) is 11.7 Å². The van der Waals surface area contributed by atoms with Crippen LogP contribution >= 0.6 is 0 Å². The molecule has 4 aliphatic rings. The summed E-state index contributed by atoms with van der Waals surface area (Å²) < 4.78 is 37.4. The van der Waals surface area contributed by atoms with Gasteiger partial charge < -0.3 is 19.6 Å². The summed E-state index contributed by atoms with van der Waals surface area (Å²) in [6, 6.07) is 3.87. The smallest absolute Gasteiger partial charge is 0.364 e.